The Bertz CT molecular complexity index is 1270. The molecule has 0 unspecified atom stereocenters. The van der Waals surface area contributed by atoms with Crippen molar-refractivity contribution in [1.29, 1.82) is 0 Å². The third-order valence-corrected chi connectivity index (χ3v) is 6.34. The second kappa shape index (κ2) is 9.44. The predicted molar refractivity (Wildman–Crippen MR) is 135 cm³/mol. The van der Waals surface area contributed by atoms with Crippen molar-refractivity contribution >= 4 is 23.5 Å². The van der Waals surface area contributed by atoms with Gasteiger partial charge in [0.05, 0.1) is 5.60 Å². The molecule has 182 valence electrons. The van der Waals surface area contributed by atoms with Gasteiger partial charge in [0.25, 0.3) is 5.91 Å². The summed E-state index contributed by atoms with van der Waals surface area (Å²) in [7, 11) is 0. The van der Waals surface area contributed by atoms with Gasteiger partial charge in [-0.25, -0.2) is 9.78 Å². The lowest BCUT2D eigenvalue weighted by atomic mass is 9.89. The fourth-order valence-electron chi connectivity index (χ4n) is 4.54. The SMILES string of the molecule is Cc1nc(C(=O)N2Cc3ccccc3C2)c(C)c(-c2ccc(Cl)cc2)c1[C@H](OC(C)(C)C)C(=O)O. The van der Waals surface area contributed by atoms with E-state index in [4.69, 9.17) is 16.3 Å². The second-order valence-electron chi connectivity index (χ2n) is 9.84. The minimum absolute atomic E-state index is 0.188. The van der Waals surface area contributed by atoms with Crippen molar-refractivity contribution in [3.63, 3.8) is 0 Å². The van der Waals surface area contributed by atoms with Crippen LogP contribution in [0.3, 0.4) is 0 Å². The first-order valence-corrected chi connectivity index (χ1v) is 11.9. The fraction of sp³-hybridized carbons (Fsp3) is 0.321. The topological polar surface area (TPSA) is 79.7 Å². The molecular weight excluding hydrogens is 464 g/mol. The van der Waals surface area contributed by atoms with Crippen LogP contribution in [0.2, 0.25) is 5.02 Å². The van der Waals surface area contributed by atoms with E-state index >= 15 is 0 Å². The van der Waals surface area contributed by atoms with Gasteiger partial charge in [-0.05, 0) is 74.6 Å². The molecule has 2 aromatic carbocycles. The number of hydrogen-bond acceptors (Lipinski definition) is 4. The zero-order valence-corrected chi connectivity index (χ0v) is 21.3. The van der Waals surface area contributed by atoms with Crippen LogP contribution in [0.4, 0.5) is 0 Å². The van der Waals surface area contributed by atoms with Gasteiger partial charge in [-0.3, -0.25) is 4.79 Å². The standard InChI is InChI=1S/C28H29ClN2O4/c1-16-22(18-10-12-21(29)13-11-18)23(25(27(33)34)35-28(3,4)5)17(2)30-24(16)26(32)31-14-19-8-6-7-9-20(19)15-31/h6-13,25H,14-15H2,1-5H3,(H,33,34)/t25-/m0/s1. The summed E-state index contributed by atoms with van der Waals surface area (Å²) in [6.45, 7) is 9.99. The van der Waals surface area contributed by atoms with Crippen molar-refractivity contribution in [2.45, 2.75) is 59.4 Å². The zero-order chi connectivity index (χ0) is 25.5. The smallest absolute Gasteiger partial charge is 0.337 e. The van der Waals surface area contributed by atoms with Gasteiger partial charge >= 0.3 is 5.97 Å². The largest absolute Gasteiger partial charge is 0.479 e. The predicted octanol–water partition coefficient (Wildman–Crippen LogP) is 6.12. The Morgan fingerprint density at radius 3 is 2.11 bits per heavy atom. The van der Waals surface area contributed by atoms with E-state index in [1.807, 2.05) is 64.1 Å². The molecule has 1 aromatic heterocycles. The van der Waals surface area contributed by atoms with Crippen molar-refractivity contribution in [3.8, 4) is 11.1 Å². The quantitative estimate of drug-likeness (QED) is 0.464. The minimum atomic E-state index is -1.26. The Balaban J connectivity index is 1.87. The van der Waals surface area contributed by atoms with Gasteiger partial charge in [-0.15, -0.1) is 0 Å². The van der Waals surface area contributed by atoms with Gasteiger partial charge in [0.2, 0.25) is 0 Å². The fourth-order valence-corrected chi connectivity index (χ4v) is 4.67. The highest BCUT2D eigenvalue weighted by Gasteiger charge is 2.34. The summed E-state index contributed by atoms with van der Waals surface area (Å²) >= 11 is 6.13. The van der Waals surface area contributed by atoms with E-state index in [-0.39, 0.29) is 5.91 Å². The van der Waals surface area contributed by atoms with Crippen LogP contribution in [0.15, 0.2) is 48.5 Å². The molecular formula is C28H29ClN2O4. The average Bonchev–Trinajstić information content (AvgIpc) is 3.22. The average molecular weight is 493 g/mol. The number of carboxylic acids is 1. The monoisotopic (exact) mass is 492 g/mol. The lowest BCUT2D eigenvalue weighted by Crippen LogP contribution is -2.30. The molecule has 0 saturated carbocycles. The third kappa shape index (κ3) is 5.09. The zero-order valence-electron chi connectivity index (χ0n) is 20.6. The van der Waals surface area contributed by atoms with E-state index < -0.39 is 17.7 Å². The maximum absolute atomic E-state index is 13.7. The number of aliphatic carboxylic acids is 1. The van der Waals surface area contributed by atoms with E-state index in [2.05, 4.69) is 4.98 Å². The number of aromatic nitrogens is 1. The Labute approximate surface area is 210 Å². The first kappa shape index (κ1) is 24.9. The van der Waals surface area contributed by atoms with Crippen LogP contribution in [0.5, 0.6) is 0 Å². The Hall–Kier alpha value is -3.22. The lowest BCUT2D eigenvalue weighted by molar-refractivity contribution is -0.160. The summed E-state index contributed by atoms with van der Waals surface area (Å²) < 4.78 is 5.99. The van der Waals surface area contributed by atoms with Crippen LogP contribution in [0, 0.1) is 13.8 Å². The molecule has 3 aromatic rings. The number of halogens is 1. The molecule has 0 radical (unpaired) electrons. The maximum Gasteiger partial charge on any atom is 0.337 e. The van der Waals surface area contributed by atoms with E-state index in [0.717, 1.165) is 16.7 Å². The number of carboxylic acid groups (broad SMARTS) is 1. The first-order chi connectivity index (χ1) is 16.5. The molecule has 0 aliphatic carbocycles. The van der Waals surface area contributed by atoms with Gasteiger partial charge in [-0.1, -0.05) is 48.0 Å². The molecule has 6 nitrogen and oxygen atoms in total. The molecule has 1 aliphatic heterocycles. The number of rotatable bonds is 5. The molecule has 4 rings (SSSR count). The number of amides is 1. The number of fused-ring (bicyclic) bond motifs is 1. The Kier molecular flexibility index (Phi) is 6.71. The molecule has 2 heterocycles. The Morgan fingerprint density at radius 1 is 1.03 bits per heavy atom. The number of nitrogens with zero attached hydrogens (tertiary/aromatic N) is 2. The van der Waals surface area contributed by atoms with Crippen LogP contribution < -0.4 is 0 Å². The van der Waals surface area contributed by atoms with Crippen LogP contribution in [0.25, 0.3) is 11.1 Å². The molecule has 0 bridgehead atoms. The molecule has 0 fully saturated rings. The molecule has 35 heavy (non-hydrogen) atoms. The van der Waals surface area contributed by atoms with Crippen LogP contribution in [0.1, 0.15) is 65.3 Å². The number of aryl methyl sites for hydroxylation is 1. The summed E-state index contributed by atoms with van der Waals surface area (Å²) in [6.07, 6.45) is -1.26. The molecule has 1 aliphatic rings. The summed E-state index contributed by atoms with van der Waals surface area (Å²) in [5.74, 6) is -1.30. The van der Waals surface area contributed by atoms with Gasteiger partial charge < -0.3 is 14.7 Å². The summed E-state index contributed by atoms with van der Waals surface area (Å²) in [4.78, 5) is 32.5. The van der Waals surface area contributed by atoms with Crippen molar-refractivity contribution in [2.24, 2.45) is 0 Å². The van der Waals surface area contributed by atoms with Crippen LogP contribution in [-0.4, -0.2) is 32.5 Å². The number of ether oxygens (including phenoxy) is 1. The summed E-state index contributed by atoms with van der Waals surface area (Å²) in [6, 6.07) is 15.1. The number of hydrogen-bond donors (Lipinski definition) is 1. The van der Waals surface area contributed by atoms with Gasteiger partial charge in [0, 0.05) is 29.4 Å². The Morgan fingerprint density at radius 2 is 1.60 bits per heavy atom. The van der Waals surface area contributed by atoms with Crippen molar-refractivity contribution in [2.75, 3.05) is 0 Å². The molecule has 1 N–H and O–H groups in total. The molecule has 0 spiro atoms. The highest BCUT2D eigenvalue weighted by molar-refractivity contribution is 6.30. The van der Waals surface area contributed by atoms with Gasteiger partial charge in [-0.2, -0.15) is 0 Å². The van der Waals surface area contributed by atoms with Crippen LogP contribution >= 0.6 is 11.6 Å². The van der Waals surface area contributed by atoms with Gasteiger partial charge in [0.15, 0.2) is 6.10 Å². The summed E-state index contributed by atoms with van der Waals surface area (Å²) in [5, 5.41) is 10.7. The minimum Gasteiger partial charge on any atom is -0.479 e. The third-order valence-electron chi connectivity index (χ3n) is 6.09. The van der Waals surface area contributed by atoms with Crippen molar-refractivity contribution in [1.82, 2.24) is 9.88 Å². The van der Waals surface area contributed by atoms with Crippen LogP contribution in [-0.2, 0) is 22.6 Å². The first-order valence-electron chi connectivity index (χ1n) is 11.5. The highest BCUT2D eigenvalue weighted by atomic mass is 35.5. The number of carbonyl (C=O) groups excluding carboxylic acids is 1. The normalized spacial score (nSPS) is 14.1. The molecule has 1 atom stereocenters. The van der Waals surface area contributed by atoms with Gasteiger partial charge in [0.1, 0.15) is 5.69 Å². The molecule has 7 heteroatoms. The highest BCUT2D eigenvalue weighted by Crippen LogP contribution is 2.39. The van der Waals surface area contributed by atoms with Crippen molar-refractivity contribution in [3.05, 3.63) is 87.2 Å². The second-order valence-corrected chi connectivity index (χ2v) is 10.3. The number of benzene rings is 2. The summed E-state index contributed by atoms with van der Waals surface area (Å²) in [5.41, 5.74) is 4.70. The van der Waals surface area contributed by atoms with E-state index in [9.17, 15) is 14.7 Å². The lowest BCUT2D eigenvalue weighted by Gasteiger charge is -2.29. The number of carbonyl (C=O) groups is 2. The number of pyridine rings is 1. The van der Waals surface area contributed by atoms with E-state index in [0.29, 0.717) is 46.2 Å². The molecule has 1 amide bonds. The molecule has 0 saturated heterocycles. The van der Waals surface area contributed by atoms with E-state index in [1.54, 1.807) is 24.0 Å². The van der Waals surface area contributed by atoms with E-state index in [1.165, 1.54) is 0 Å². The maximum atomic E-state index is 13.7. The van der Waals surface area contributed by atoms with Crippen molar-refractivity contribution < 1.29 is 19.4 Å².